The van der Waals surface area contributed by atoms with Gasteiger partial charge in [0.1, 0.15) is 17.5 Å². The highest BCUT2D eigenvalue weighted by atomic mass is 16.5. The van der Waals surface area contributed by atoms with Crippen LogP contribution in [0, 0.1) is 0 Å². The molecule has 2 aromatic rings. The first kappa shape index (κ1) is 17.5. The van der Waals surface area contributed by atoms with Gasteiger partial charge in [-0.2, -0.15) is 5.10 Å². The van der Waals surface area contributed by atoms with Crippen LogP contribution >= 0.6 is 0 Å². The maximum atomic E-state index is 12.5. The number of nitrogens with zero attached hydrogens (tertiary/aromatic N) is 2. The van der Waals surface area contributed by atoms with Crippen molar-refractivity contribution in [2.75, 3.05) is 13.1 Å². The number of likely N-dealkylation sites (tertiary alicyclic amines) is 1. The summed E-state index contributed by atoms with van der Waals surface area (Å²) >= 11 is 0. The lowest BCUT2D eigenvalue weighted by molar-refractivity contribution is -0.143. The smallest absolute Gasteiger partial charge is 0.222 e. The van der Waals surface area contributed by atoms with E-state index in [0.29, 0.717) is 31.7 Å². The number of aromatic nitrogens is 2. The van der Waals surface area contributed by atoms with E-state index in [4.69, 9.17) is 4.74 Å². The maximum Gasteiger partial charge on any atom is 0.222 e. The van der Waals surface area contributed by atoms with Crippen molar-refractivity contribution in [3.63, 3.8) is 0 Å². The third kappa shape index (κ3) is 4.60. The number of carbonyl (C=O) groups is 1. The van der Waals surface area contributed by atoms with Crippen LogP contribution in [-0.4, -0.2) is 50.9 Å². The second-order valence-corrected chi connectivity index (χ2v) is 6.83. The molecule has 0 spiro atoms. The molecule has 3 rings (SSSR count). The lowest BCUT2D eigenvalue weighted by atomic mass is 9.90. The first-order valence-electron chi connectivity index (χ1n) is 8.74. The van der Waals surface area contributed by atoms with Crippen LogP contribution < -0.4 is 4.74 Å². The van der Waals surface area contributed by atoms with E-state index in [0.717, 1.165) is 18.4 Å². The van der Waals surface area contributed by atoms with Crippen molar-refractivity contribution in [3.05, 3.63) is 48.3 Å². The lowest BCUT2D eigenvalue weighted by Crippen LogP contribution is -2.57. The van der Waals surface area contributed by atoms with E-state index in [1.54, 1.807) is 18.0 Å². The van der Waals surface area contributed by atoms with Crippen LogP contribution in [0.3, 0.4) is 0 Å². The molecule has 6 heteroatoms. The highest BCUT2D eigenvalue weighted by molar-refractivity contribution is 5.76. The minimum absolute atomic E-state index is 0.112. The molecule has 0 unspecified atom stereocenters. The van der Waals surface area contributed by atoms with Crippen LogP contribution in [0.2, 0.25) is 0 Å². The molecule has 25 heavy (non-hydrogen) atoms. The largest absolute Gasteiger partial charge is 0.486 e. The minimum atomic E-state index is -0.941. The first-order valence-corrected chi connectivity index (χ1v) is 8.74. The Morgan fingerprint density at radius 1 is 1.44 bits per heavy atom. The molecular formula is C19H25N3O3. The molecule has 134 valence electrons. The average Bonchev–Trinajstić information content (AvgIpc) is 3.11. The molecule has 1 aromatic carbocycles. The number of benzene rings is 1. The van der Waals surface area contributed by atoms with Gasteiger partial charge in [-0.1, -0.05) is 18.2 Å². The quantitative estimate of drug-likeness (QED) is 0.842. The van der Waals surface area contributed by atoms with E-state index < -0.39 is 11.7 Å². The summed E-state index contributed by atoms with van der Waals surface area (Å²) in [6.45, 7) is 2.75. The van der Waals surface area contributed by atoms with Gasteiger partial charge in [0.2, 0.25) is 5.91 Å². The number of rotatable bonds is 6. The average molecular weight is 343 g/mol. The number of aryl methyl sites for hydroxylation is 1. The van der Waals surface area contributed by atoms with Crippen molar-refractivity contribution in [2.45, 2.75) is 44.3 Å². The summed E-state index contributed by atoms with van der Waals surface area (Å²) in [7, 11) is 0. The zero-order valence-electron chi connectivity index (χ0n) is 14.5. The highest BCUT2D eigenvalue weighted by Gasteiger charge is 2.40. The second-order valence-electron chi connectivity index (χ2n) is 6.83. The van der Waals surface area contributed by atoms with Crippen LogP contribution in [0.15, 0.2) is 42.7 Å². The van der Waals surface area contributed by atoms with Crippen LogP contribution in [0.1, 0.15) is 31.7 Å². The third-order valence-electron chi connectivity index (χ3n) is 4.75. The van der Waals surface area contributed by atoms with Gasteiger partial charge >= 0.3 is 0 Å². The number of aromatic amines is 1. The van der Waals surface area contributed by atoms with Gasteiger partial charge in [-0.05, 0) is 43.9 Å². The number of amides is 1. The minimum Gasteiger partial charge on any atom is -0.486 e. The fourth-order valence-electron chi connectivity index (χ4n) is 3.08. The Morgan fingerprint density at radius 3 is 2.96 bits per heavy atom. The van der Waals surface area contributed by atoms with E-state index in [9.17, 15) is 9.90 Å². The van der Waals surface area contributed by atoms with Gasteiger partial charge in [0, 0.05) is 19.2 Å². The second kappa shape index (κ2) is 7.70. The third-order valence-corrected chi connectivity index (χ3v) is 4.75. The molecule has 1 aliphatic heterocycles. The number of nitrogens with one attached hydrogen (secondary N) is 1. The number of aliphatic hydroxyl groups is 1. The molecule has 2 N–H and O–H groups in total. The van der Waals surface area contributed by atoms with Crippen LogP contribution in [0.5, 0.6) is 5.75 Å². The van der Waals surface area contributed by atoms with Crippen LogP contribution in [0.25, 0.3) is 0 Å². The normalized spacial score (nSPS) is 23.4. The summed E-state index contributed by atoms with van der Waals surface area (Å²) < 4.78 is 5.96. The summed E-state index contributed by atoms with van der Waals surface area (Å²) in [6.07, 6.45) is 5.83. The van der Waals surface area contributed by atoms with Gasteiger partial charge in [0.15, 0.2) is 0 Å². The Labute approximate surface area is 147 Å². The molecule has 1 aliphatic rings. The van der Waals surface area contributed by atoms with Gasteiger partial charge in [-0.25, -0.2) is 0 Å². The van der Waals surface area contributed by atoms with Crippen molar-refractivity contribution in [2.24, 2.45) is 0 Å². The van der Waals surface area contributed by atoms with E-state index in [1.165, 1.54) is 0 Å². The number of piperidine rings is 1. The van der Waals surface area contributed by atoms with Gasteiger partial charge in [0.05, 0.1) is 12.7 Å². The predicted molar refractivity (Wildman–Crippen MR) is 94.2 cm³/mol. The molecule has 2 heterocycles. The van der Waals surface area contributed by atoms with Crippen molar-refractivity contribution < 1.29 is 14.6 Å². The fraction of sp³-hybridized carbons (Fsp3) is 0.474. The summed E-state index contributed by atoms with van der Waals surface area (Å²) in [6, 6.07) is 9.43. The van der Waals surface area contributed by atoms with E-state index in [1.807, 2.05) is 36.5 Å². The van der Waals surface area contributed by atoms with Crippen molar-refractivity contribution >= 4 is 5.91 Å². The molecule has 0 aliphatic carbocycles. The number of hydrogen-bond donors (Lipinski definition) is 2. The topological polar surface area (TPSA) is 78.5 Å². The molecule has 1 saturated heterocycles. The number of hydrogen-bond acceptors (Lipinski definition) is 4. The molecule has 1 aromatic heterocycles. The highest BCUT2D eigenvalue weighted by Crippen LogP contribution is 2.27. The van der Waals surface area contributed by atoms with Crippen molar-refractivity contribution in [1.82, 2.24) is 15.1 Å². The maximum absolute atomic E-state index is 12.5. The number of H-pyrrole nitrogens is 1. The van der Waals surface area contributed by atoms with Gasteiger partial charge in [0.25, 0.3) is 0 Å². The Balaban J connectivity index is 1.54. The summed E-state index contributed by atoms with van der Waals surface area (Å²) in [4.78, 5) is 14.3. The summed E-state index contributed by atoms with van der Waals surface area (Å²) in [5.41, 5.74) is 0.170. The molecule has 0 saturated carbocycles. The molecule has 6 nitrogen and oxygen atoms in total. The molecular weight excluding hydrogens is 318 g/mol. The summed E-state index contributed by atoms with van der Waals surface area (Å²) in [5, 5.41) is 17.3. The van der Waals surface area contributed by atoms with E-state index >= 15 is 0 Å². The van der Waals surface area contributed by atoms with Gasteiger partial charge < -0.3 is 14.7 Å². The van der Waals surface area contributed by atoms with Crippen LogP contribution in [-0.2, 0) is 11.2 Å². The van der Waals surface area contributed by atoms with Crippen molar-refractivity contribution in [3.8, 4) is 5.75 Å². The lowest BCUT2D eigenvalue weighted by Gasteiger charge is -2.42. The predicted octanol–water partition coefficient (Wildman–Crippen LogP) is 2.16. The van der Waals surface area contributed by atoms with Crippen LogP contribution in [0.4, 0.5) is 0 Å². The Hall–Kier alpha value is -2.34. The standard InChI is InChI=1S/C19H25N3O3/c1-19(24)10-11-22(14-17(19)25-16-7-3-2-4-8-16)18(23)9-5-6-15-12-20-21-13-15/h2-4,7-8,12-13,17,24H,5-6,9-11,14H2,1H3,(H,20,21)/t17-,19-/m0/s1. The fourth-order valence-corrected chi connectivity index (χ4v) is 3.08. The molecule has 0 bridgehead atoms. The van der Waals surface area contributed by atoms with E-state index in [2.05, 4.69) is 10.2 Å². The van der Waals surface area contributed by atoms with Gasteiger partial charge in [-0.3, -0.25) is 9.89 Å². The molecule has 1 amide bonds. The number of ether oxygens (including phenoxy) is 1. The van der Waals surface area contributed by atoms with E-state index in [-0.39, 0.29) is 5.91 Å². The Bertz CT molecular complexity index is 670. The SMILES string of the molecule is C[C@]1(O)CCN(C(=O)CCCc2cn[nH]c2)C[C@@H]1Oc1ccccc1. The number of carbonyl (C=O) groups excluding carboxylic acids is 1. The molecule has 2 atom stereocenters. The zero-order valence-corrected chi connectivity index (χ0v) is 14.5. The monoisotopic (exact) mass is 343 g/mol. The van der Waals surface area contributed by atoms with Crippen molar-refractivity contribution in [1.29, 1.82) is 0 Å². The first-order chi connectivity index (χ1) is 12.0. The molecule has 1 fully saturated rings. The zero-order chi connectivity index (χ0) is 17.7. The molecule has 0 radical (unpaired) electrons. The number of para-hydroxylation sites is 1. The summed E-state index contributed by atoms with van der Waals surface area (Å²) in [5.74, 6) is 0.822. The Kier molecular flexibility index (Phi) is 5.38. The van der Waals surface area contributed by atoms with Gasteiger partial charge in [-0.15, -0.1) is 0 Å². The Morgan fingerprint density at radius 2 is 2.24 bits per heavy atom.